The number of likely N-dealkylation sites (tertiary alicyclic amines) is 1. The molecule has 0 saturated carbocycles. The quantitative estimate of drug-likeness (QED) is 0.763. The normalized spacial score (nSPS) is 19.2. The number of piperidine rings is 1. The molecule has 25 heavy (non-hydrogen) atoms. The predicted octanol–water partition coefficient (Wildman–Crippen LogP) is 4.25. The lowest BCUT2D eigenvalue weighted by molar-refractivity contribution is 0.0822. The van der Waals surface area contributed by atoms with Gasteiger partial charge in [-0.15, -0.1) is 0 Å². The van der Waals surface area contributed by atoms with Crippen molar-refractivity contribution in [2.75, 3.05) is 18.4 Å². The van der Waals surface area contributed by atoms with Crippen LogP contribution in [-0.2, 0) is 6.54 Å². The number of anilines is 1. The molecule has 0 radical (unpaired) electrons. The van der Waals surface area contributed by atoms with Gasteiger partial charge in [-0.1, -0.05) is 39.7 Å². The number of benzene rings is 2. The molecule has 1 fully saturated rings. The summed E-state index contributed by atoms with van der Waals surface area (Å²) in [6.45, 7) is 2.73. The molecule has 2 aliphatic rings. The highest BCUT2D eigenvalue weighted by molar-refractivity contribution is 9.10. The molecule has 2 aromatic rings. The third-order valence-electron chi connectivity index (χ3n) is 4.96. The zero-order chi connectivity index (χ0) is 17.4. The first-order valence-electron chi connectivity index (χ1n) is 8.40. The van der Waals surface area contributed by atoms with Gasteiger partial charge in [0, 0.05) is 47.7 Å². The maximum absolute atomic E-state index is 12.5. The average Bonchev–Trinajstić information content (AvgIpc) is 2.58. The Kier molecular flexibility index (Phi) is 4.48. The monoisotopic (exact) mass is 419 g/mol. The van der Waals surface area contributed by atoms with Crippen LogP contribution in [0.25, 0.3) is 0 Å². The number of halogens is 2. The van der Waals surface area contributed by atoms with E-state index in [4.69, 9.17) is 11.6 Å². The molecule has 0 aliphatic carbocycles. The third kappa shape index (κ3) is 3.54. The summed E-state index contributed by atoms with van der Waals surface area (Å²) in [6, 6.07) is 13.8. The fourth-order valence-electron chi connectivity index (χ4n) is 3.62. The molecule has 2 aromatic carbocycles. The van der Waals surface area contributed by atoms with Gasteiger partial charge in [-0.2, -0.15) is 0 Å². The van der Waals surface area contributed by atoms with E-state index in [0.29, 0.717) is 5.56 Å². The van der Waals surface area contributed by atoms with Crippen molar-refractivity contribution in [1.82, 2.24) is 10.2 Å². The molecule has 1 spiro atoms. The minimum absolute atomic E-state index is 0.00154. The second-order valence-electron chi connectivity index (χ2n) is 6.76. The molecule has 2 aliphatic heterocycles. The van der Waals surface area contributed by atoms with Crippen molar-refractivity contribution in [3.8, 4) is 0 Å². The van der Waals surface area contributed by atoms with Crippen LogP contribution < -0.4 is 10.6 Å². The zero-order valence-corrected chi connectivity index (χ0v) is 16.0. The molecule has 4 nitrogen and oxygen atoms in total. The second-order valence-corrected chi connectivity index (χ2v) is 8.11. The Bertz CT molecular complexity index is 818. The molecule has 0 aromatic heterocycles. The molecule has 130 valence electrons. The number of hydrogen-bond acceptors (Lipinski definition) is 3. The average molecular weight is 421 g/mol. The van der Waals surface area contributed by atoms with Crippen molar-refractivity contribution in [3.05, 3.63) is 63.1 Å². The lowest BCUT2D eigenvalue weighted by Crippen LogP contribution is -2.62. The minimum atomic E-state index is -0.344. The van der Waals surface area contributed by atoms with Crippen molar-refractivity contribution in [2.45, 2.75) is 25.0 Å². The van der Waals surface area contributed by atoms with E-state index in [1.165, 1.54) is 5.56 Å². The zero-order valence-electron chi connectivity index (χ0n) is 13.7. The fraction of sp³-hybridized carbons (Fsp3) is 0.316. The van der Waals surface area contributed by atoms with Crippen molar-refractivity contribution < 1.29 is 4.79 Å². The lowest BCUT2D eigenvalue weighted by Gasteiger charge is -2.46. The van der Waals surface area contributed by atoms with Gasteiger partial charge in [-0.3, -0.25) is 9.69 Å². The Morgan fingerprint density at radius 3 is 2.68 bits per heavy atom. The van der Waals surface area contributed by atoms with Crippen LogP contribution in [-0.4, -0.2) is 29.6 Å². The van der Waals surface area contributed by atoms with Gasteiger partial charge in [0.1, 0.15) is 5.66 Å². The van der Waals surface area contributed by atoms with Crippen LogP contribution >= 0.6 is 27.5 Å². The fourth-order valence-corrected chi connectivity index (χ4v) is 4.20. The highest BCUT2D eigenvalue weighted by atomic mass is 79.9. The SMILES string of the molecule is O=C1NC2(CCN(Cc3cccc(Cl)c3)CC2)Nc2ccc(Br)cc21. The minimum Gasteiger partial charge on any atom is -0.362 e. The number of carbonyl (C=O) groups is 1. The first-order chi connectivity index (χ1) is 12.0. The molecule has 2 heterocycles. The number of nitrogens with zero attached hydrogens (tertiary/aromatic N) is 1. The van der Waals surface area contributed by atoms with Gasteiger partial charge in [0.05, 0.1) is 5.56 Å². The van der Waals surface area contributed by atoms with Crippen LogP contribution in [0.5, 0.6) is 0 Å². The van der Waals surface area contributed by atoms with Crippen LogP contribution in [0.2, 0.25) is 5.02 Å². The first-order valence-corrected chi connectivity index (χ1v) is 9.57. The number of carbonyl (C=O) groups excluding carboxylic acids is 1. The van der Waals surface area contributed by atoms with E-state index < -0.39 is 0 Å². The number of fused-ring (bicyclic) bond motifs is 1. The van der Waals surface area contributed by atoms with E-state index in [9.17, 15) is 4.79 Å². The summed E-state index contributed by atoms with van der Waals surface area (Å²) in [5, 5.41) is 7.53. The number of nitrogens with one attached hydrogen (secondary N) is 2. The van der Waals surface area contributed by atoms with E-state index in [0.717, 1.165) is 47.7 Å². The van der Waals surface area contributed by atoms with Gasteiger partial charge in [-0.05, 0) is 35.9 Å². The highest BCUT2D eigenvalue weighted by Crippen LogP contribution is 2.33. The van der Waals surface area contributed by atoms with Crippen molar-refractivity contribution >= 4 is 39.1 Å². The molecule has 0 bridgehead atoms. The summed E-state index contributed by atoms with van der Waals surface area (Å²) in [5.41, 5.74) is 2.49. The van der Waals surface area contributed by atoms with Gasteiger partial charge >= 0.3 is 0 Å². The summed E-state index contributed by atoms with van der Waals surface area (Å²) in [5.74, 6) is -0.00154. The van der Waals surface area contributed by atoms with E-state index in [2.05, 4.69) is 37.5 Å². The Balaban J connectivity index is 1.45. The maximum atomic E-state index is 12.5. The molecule has 1 amide bonds. The smallest absolute Gasteiger partial charge is 0.255 e. The molecule has 4 rings (SSSR count). The van der Waals surface area contributed by atoms with Crippen molar-refractivity contribution in [3.63, 3.8) is 0 Å². The summed E-state index contributed by atoms with van der Waals surface area (Å²) < 4.78 is 0.912. The van der Waals surface area contributed by atoms with E-state index in [1.54, 1.807) is 0 Å². The Morgan fingerprint density at radius 2 is 1.92 bits per heavy atom. The molecular weight excluding hydrogens is 402 g/mol. The number of hydrogen-bond donors (Lipinski definition) is 2. The number of rotatable bonds is 2. The molecule has 1 saturated heterocycles. The predicted molar refractivity (Wildman–Crippen MR) is 104 cm³/mol. The lowest BCUT2D eigenvalue weighted by atomic mass is 9.92. The van der Waals surface area contributed by atoms with Gasteiger partial charge < -0.3 is 10.6 Å². The van der Waals surface area contributed by atoms with E-state index in [1.807, 2.05) is 36.4 Å². The Labute approximate surface area is 160 Å². The van der Waals surface area contributed by atoms with E-state index >= 15 is 0 Å². The topological polar surface area (TPSA) is 44.4 Å². The largest absolute Gasteiger partial charge is 0.362 e. The third-order valence-corrected chi connectivity index (χ3v) is 5.69. The van der Waals surface area contributed by atoms with Crippen molar-refractivity contribution in [2.24, 2.45) is 0 Å². The summed E-state index contributed by atoms with van der Waals surface area (Å²) in [6.07, 6.45) is 1.74. The molecule has 2 N–H and O–H groups in total. The summed E-state index contributed by atoms with van der Waals surface area (Å²) in [7, 11) is 0. The van der Waals surface area contributed by atoms with Crippen LogP contribution in [0, 0.1) is 0 Å². The summed E-state index contributed by atoms with van der Waals surface area (Å²) in [4.78, 5) is 14.9. The molecule has 6 heteroatoms. The Morgan fingerprint density at radius 1 is 1.12 bits per heavy atom. The van der Waals surface area contributed by atoms with Gasteiger partial charge in [-0.25, -0.2) is 0 Å². The second kappa shape index (κ2) is 6.63. The van der Waals surface area contributed by atoms with Gasteiger partial charge in [0.15, 0.2) is 0 Å². The van der Waals surface area contributed by atoms with Crippen LogP contribution in [0.4, 0.5) is 5.69 Å². The van der Waals surface area contributed by atoms with Crippen LogP contribution in [0.1, 0.15) is 28.8 Å². The molecule has 0 atom stereocenters. The maximum Gasteiger partial charge on any atom is 0.255 e. The van der Waals surface area contributed by atoms with Crippen LogP contribution in [0.15, 0.2) is 46.9 Å². The first kappa shape index (κ1) is 16.9. The number of amides is 1. The van der Waals surface area contributed by atoms with Crippen LogP contribution in [0.3, 0.4) is 0 Å². The highest BCUT2D eigenvalue weighted by Gasteiger charge is 2.40. The van der Waals surface area contributed by atoms with Gasteiger partial charge in [0.2, 0.25) is 0 Å². The summed E-state index contributed by atoms with van der Waals surface area (Å²) >= 11 is 9.50. The Hall–Kier alpha value is -1.56. The van der Waals surface area contributed by atoms with E-state index in [-0.39, 0.29) is 11.6 Å². The van der Waals surface area contributed by atoms with Gasteiger partial charge in [0.25, 0.3) is 5.91 Å². The van der Waals surface area contributed by atoms with Crippen molar-refractivity contribution in [1.29, 1.82) is 0 Å². The molecular formula is C19H19BrClN3O. The standard InChI is InChI=1S/C19H19BrClN3O/c20-14-4-5-17-16(11-14)18(25)23-19(22-17)6-8-24(9-7-19)12-13-2-1-3-15(21)10-13/h1-5,10-11,22H,6-9,12H2,(H,23,25). The molecule has 0 unspecified atom stereocenters.